The number of hydrogen-bond acceptors (Lipinski definition) is 3. The van der Waals surface area contributed by atoms with Crippen LogP contribution < -0.4 is 0 Å². The van der Waals surface area contributed by atoms with Gasteiger partial charge in [-0.15, -0.1) is 0 Å². The van der Waals surface area contributed by atoms with Gasteiger partial charge in [0.1, 0.15) is 5.15 Å². The fourth-order valence-corrected chi connectivity index (χ4v) is 3.06. The number of rotatable bonds is 4. The van der Waals surface area contributed by atoms with Crippen molar-refractivity contribution in [2.24, 2.45) is 0 Å². The van der Waals surface area contributed by atoms with Crippen molar-refractivity contribution in [1.82, 2.24) is 9.97 Å². The van der Waals surface area contributed by atoms with Crippen molar-refractivity contribution in [1.29, 1.82) is 0 Å². The van der Waals surface area contributed by atoms with Gasteiger partial charge in [-0.3, -0.25) is 0 Å². The van der Waals surface area contributed by atoms with Crippen molar-refractivity contribution in [3.63, 3.8) is 0 Å². The van der Waals surface area contributed by atoms with Crippen LogP contribution in [0.2, 0.25) is 5.15 Å². The summed E-state index contributed by atoms with van der Waals surface area (Å²) < 4.78 is 6.23. The SMILES string of the molecule is COCc1ccccc1-c1nc(Cl)c(I)c(C2CC2)n1. The molecule has 1 aromatic heterocycles. The van der Waals surface area contributed by atoms with E-state index in [4.69, 9.17) is 21.3 Å². The van der Waals surface area contributed by atoms with Crippen LogP contribution in [0.3, 0.4) is 0 Å². The van der Waals surface area contributed by atoms with Gasteiger partial charge < -0.3 is 4.74 Å². The first-order valence-corrected chi connectivity index (χ1v) is 7.96. The molecule has 2 aromatic rings. The molecule has 1 aliphatic carbocycles. The van der Waals surface area contributed by atoms with E-state index in [2.05, 4.69) is 27.6 Å². The fraction of sp³-hybridized carbons (Fsp3) is 0.333. The Hall–Kier alpha value is -0.720. The molecule has 3 nitrogen and oxygen atoms in total. The summed E-state index contributed by atoms with van der Waals surface area (Å²) >= 11 is 8.52. The molecule has 0 saturated heterocycles. The molecule has 0 N–H and O–H groups in total. The molecule has 0 radical (unpaired) electrons. The molecule has 1 fully saturated rings. The zero-order valence-electron chi connectivity index (χ0n) is 11.1. The van der Waals surface area contributed by atoms with Crippen LogP contribution >= 0.6 is 34.2 Å². The van der Waals surface area contributed by atoms with Gasteiger partial charge in [-0.2, -0.15) is 0 Å². The number of benzene rings is 1. The van der Waals surface area contributed by atoms with E-state index in [0.717, 1.165) is 20.4 Å². The molecule has 0 amide bonds. The molecule has 0 unspecified atom stereocenters. The van der Waals surface area contributed by atoms with Gasteiger partial charge in [0, 0.05) is 18.6 Å². The molecule has 1 heterocycles. The maximum atomic E-state index is 6.28. The Morgan fingerprint density at radius 3 is 2.75 bits per heavy atom. The zero-order valence-corrected chi connectivity index (χ0v) is 14.0. The summed E-state index contributed by atoms with van der Waals surface area (Å²) in [5, 5.41) is 0.546. The lowest BCUT2D eigenvalue weighted by atomic mass is 10.1. The third kappa shape index (κ3) is 2.82. The molecule has 0 spiro atoms. The number of hydrogen-bond donors (Lipinski definition) is 0. The number of methoxy groups -OCH3 is 1. The predicted octanol–water partition coefficient (Wildman–Crippen LogP) is 4.43. The van der Waals surface area contributed by atoms with Crippen LogP contribution in [0.5, 0.6) is 0 Å². The molecule has 3 rings (SSSR count). The Balaban J connectivity index is 2.10. The summed E-state index contributed by atoms with van der Waals surface area (Å²) in [4.78, 5) is 9.20. The standard InChI is InChI=1S/C15H14ClIN2O/c1-20-8-10-4-2-3-5-11(10)15-18-13(9-6-7-9)12(17)14(16)19-15/h2-5,9H,6-8H2,1H3. The third-order valence-corrected chi connectivity index (χ3v) is 5.01. The minimum Gasteiger partial charge on any atom is -0.380 e. The molecule has 5 heteroatoms. The first-order valence-electron chi connectivity index (χ1n) is 6.51. The molecular weight excluding hydrogens is 387 g/mol. The highest BCUT2D eigenvalue weighted by Crippen LogP contribution is 2.42. The van der Waals surface area contributed by atoms with Crippen LogP contribution in [-0.2, 0) is 11.3 Å². The van der Waals surface area contributed by atoms with Gasteiger partial charge >= 0.3 is 0 Å². The lowest BCUT2D eigenvalue weighted by Gasteiger charge is -2.11. The third-order valence-electron chi connectivity index (χ3n) is 3.36. The quantitative estimate of drug-likeness (QED) is 0.563. The molecule has 20 heavy (non-hydrogen) atoms. The van der Waals surface area contributed by atoms with E-state index in [1.807, 2.05) is 24.3 Å². The molecule has 0 atom stereocenters. The van der Waals surface area contributed by atoms with Crippen LogP contribution in [0.1, 0.15) is 30.0 Å². The second-order valence-corrected chi connectivity index (χ2v) is 6.34. The Bertz CT molecular complexity index is 644. The normalized spacial score (nSPS) is 14.6. The maximum Gasteiger partial charge on any atom is 0.161 e. The van der Waals surface area contributed by atoms with Gasteiger partial charge in [0.25, 0.3) is 0 Å². The van der Waals surface area contributed by atoms with Crippen molar-refractivity contribution in [3.05, 3.63) is 44.2 Å². The molecule has 104 valence electrons. The van der Waals surface area contributed by atoms with Crippen LogP contribution in [0.4, 0.5) is 0 Å². The largest absolute Gasteiger partial charge is 0.380 e. The maximum absolute atomic E-state index is 6.28. The molecule has 0 bridgehead atoms. The lowest BCUT2D eigenvalue weighted by molar-refractivity contribution is 0.185. The van der Waals surface area contributed by atoms with Crippen molar-refractivity contribution in [3.8, 4) is 11.4 Å². The Kier molecular flexibility index (Phi) is 4.23. The van der Waals surface area contributed by atoms with Gasteiger partial charge in [0.05, 0.1) is 15.9 Å². The van der Waals surface area contributed by atoms with Gasteiger partial charge in [-0.25, -0.2) is 9.97 Å². The van der Waals surface area contributed by atoms with E-state index >= 15 is 0 Å². The van der Waals surface area contributed by atoms with E-state index in [1.54, 1.807) is 7.11 Å². The summed E-state index contributed by atoms with van der Waals surface area (Å²) in [5.74, 6) is 1.25. The molecule has 0 aliphatic heterocycles. The number of halogens is 2. The molecular formula is C15H14ClIN2O. The van der Waals surface area contributed by atoms with Gasteiger partial charge in [0.2, 0.25) is 0 Å². The molecule has 1 saturated carbocycles. The van der Waals surface area contributed by atoms with Gasteiger partial charge in [-0.05, 0) is 41.0 Å². The first-order chi connectivity index (χ1) is 9.70. The minimum atomic E-state index is 0.544. The van der Waals surface area contributed by atoms with E-state index in [0.29, 0.717) is 23.5 Å². The molecule has 1 aliphatic rings. The smallest absolute Gasteiger partial charge is 0.161 e. The number of aromatic nitrogens is 2. The number of nitrogens with zero attached hydrogens (tertiary/aromatic N) is 2. The van der Waals surface area contributed by atoms with E-state index in [9.17, 15) is 0 Å². The van der Waals surface area contributed by atoms with Crippen LogP contribution in [-0.4, -0.2) is 17.1 Å². The van der Waals surface area contributed by atoms with Crippen molar-refractivity contribution < 1.29 is 4.74 Å². The second-order valence-electron chi connectivity index (χ2n) is 4.90. The summed E-state index contributed by atoms with van der Waals surface area (Å²) in [5.41, 5.74) is 3.16. The Labute approximate surface area is 136 Å². The highest BCUT2D eigenvalue weighted by atomic mass is 127. The summed E-state index contributed by atoms with van der Waals surface area (Å²) in [7, 11) is 1.69. The summed E-state index contributed by atoms with van der Waals surface area (Å²) in [6, 6.07) is 8.03. The summed E-state index contributed by atoms with van der Waals surface area (Å²) in [6.07, 6.45) is 2.39. The van der Waals surface area contributed by atoms with Crippen LogP contribution in [0, 0.1) is 3.57 Å². The van der Waals surface area contributed by atoms with Crippen molar-refractivity contribution in [2.45, 2.75) is 25.4 Å². The highest BCUT2D eigenvalue weighted by molar-refractivity contribution is 14.1. The average Bonchev–Trinajstić information content (AvgIpc) is 3.27. The van der Waals surface area contributed by atoms with E-state index < -0.39 is 0 Å². The predicted molar refractivity (Wildman–Crippen MR) is 87.9 cm³/mol. The van der Waals surface area contributed by atoms with Crippen LogP contribution in [0.25, 0.3) is 11.4 Å². The zero-order chi connectivity index (χ0) is 14.1. The summed E-state index contributed by atoms with van der Waals surface area (Å²) in [6.45, 7) is 0.544. The number of ether oxygens (including phenoxy) is 1. The average molecular weight is 401 g/mol. The lowest BCUT2D eigenvalue weighted by Crippen LogP contribution is -2.02. The fourth-order valence-electron chi connectivity index (χ4n) is 2.20. The minimum absolute atomic E-state index is 0.544. The van der Waals surface area contributed by atoms with E-state index in [-0.39, 0.29) is 0 Å². The van der Waals surface area contributed by atoms with Gasteiger partial charge in [-0.1, -0.05) is 35.9 Å². The monoisotopic (exact) mass is 400 g/mol. The van der Waals surface area contributed by atoms with Crippen molar-refractivity contribution in [2.75, 3.05) is 7.11 Å². The van der Waals surface area contributed by atoms with Gasteiger partial charge in [0.15, 0.2) is 5.82 Å². The highest BCUT2D eigenvalue weighted by Gasteiger charge is 2.29. The van der Waals surface area contributed by atoms with E-state index in [1.165, 1.54) is 12.8 Å². The van der Waals surface area contributed by atoms with Crippen molar-refractivity contribution >= 4 is 34.2 Å². The molecule has 1 aromatic carbocycles. The Morgan fingerprint density at radius 2 is 2.05 bits per heavy atom. The first kappa shape index (κ1) is 14.2. The second kappa shape index (κ2) is 5.95. The Morgan fingerprint density at radius 1 is 1.30 bits per heavy atom. The topological polar surface area (TPSA) is 35.0 Å². The van der Waals surface area contributed by atoms with Crippen LogP contribution in [0.15, 0.2) is 24.3 Å².